The Morgan fingerprint density at radius 2 is 2.09 bits per heavy atom. The normalized spacial score (nSPS) is 18.1. The lowest BCUT2D eigenvalue weighted by molar-refractivity contribution is -0.127. The number of anilines is 1. The second kappa shape index (κ2) is 10.2. The monoisotopic (exact) mass is 470 g/mol. The first-order valence-corrected chi connectivity index (χ1v) is 11.2. The molecule has 1 N–H and O–H groups in total. The van der Waals surface area contributed by atoms with Gasteiger partial charge in [0.1, 0.15) is 23.4 Å². The van der Waals surface area contributed by atoms with Gasteiger partial charge >= 0.3 is 0 Å². The third kappa shape index (κ3) is 5.20. The molecule has 0 aromatic heterocycles. The number of hydrogen-bond acceptors (Lipinski definition) is 6. The topological polar surface area (TPSA) is 94.2 Å². The van der Waals surface area contributed by atoms with Crippen LogP contribution in [0, 0.1) is 12.7 Å². The van der Waals surface area contributed by atoms with E-state index in [2.05, 4.69) is 5.32 Å². The smallest absolute Gasteiger partial charge is 0.265 e. The number of ketones is 1. The van der Waals surface area contributed by atoms with E-state index in [4.69, 9.17) is 14.2 Å². The van der Waals surface area contributed by atoms with Gasteiger partial charge in [-0.15, -0.1) is 0 Å². The summed E-state index contributed by atoms with van der Waals surface area (Å²) in [4.78, 5) is 39.6. The summed E-state index contributed by atoms with van der Waals surface area (Å²) in [6, 6.07) is 7.96. The Kier molecular flexibility index (Phi) is 7.12. The molecule has 2 atom stereocenters. The van der Waals surface area contributed by atoms with Gasteiger partial charge in [-0.2, -0.15) is 0 Å². The van der Waals surface area contributed by atoms with Crippen molar-refractivity contribution in [3.8, 4) is 11.5 Å². The van der Waals surface area contributed by atoms with E-state index < -0.39 is 6.04 Å². The minimum absolute atomic E-state index is 0.0159. The largest absolute Gasteiger partial charge is 0.485 e. The molecule has 0 unspecified atom stereocenters. The van der Waals surface area contributed by atoms with E-state index in [0.717, 1.165) is 12.8 Å². The summed E-state index contributed by atoms with van der Waals surface area (Å²) in [6.45, 7) is 3.93. The fourth-order valence-corrected chi connectivity index (χ4v) is 4.06. The molecule has 2 aliphatic rings. The molecule has 4 rings (SSSR count). The summed E-state index contributed by atoms with van der Waals surface area (Å²) >= 11 is 0. The van der Waals surface area contributed by atoms with Crippen LogP contribution in [0.4, 0.5) is 10.1 Å². The Balaban J connectivity index is 1.47. The molecule has 0 bridgehead atoms. The Morgan fingerprint density at radius 1 is 1.26 bits per heavy atom. The van der Waals surface area contributed by atoms with Gasteiger partial charge in [-0.05, 0) is 68.7 Å². The zero-order valence-electron chi connectivity index (χ0n) is 19.1. The summed E-state index contributed by atoms with van der Waals surface area (Å²) in [5.74, 6) is -0.599. The van der Waals surface area contributed by atoms with E-state index in [9.17, 15) is 18.8 Å². The zero-order chi connectivity index (χ0) is 24.2. The Hall–Kier alpha value is -3.46. The van der Waals surface area contributed by atoms with Crippen LogP contribution < -0.4 is 19.7 Å². The first-order chi connectivity index (χ1) is 16.3. The summed E-state index contributed by atoms with van der Waals surface area (Å²) < 4.78 is 29.9. The van der Waals surface area contributed by atoms with Crippen molar-refractivity contribution in [2.75, 3.05) is 31.3 Å². The minimum atomic E-state index is -0.806. The van der Waals surface area contributed by atoms with Crippen LogP contribution in [0.1, 0.15) is 35.7 Å². The van der Waals surface area contributed by atoms with Crippen molar-refractivity contribution < 1.29 is 33.0 Å². The minimum Gasteiger partial charge on any atom is -0.485 e. The number of Topliss-reactive ketones (excluding diaryl/α,β-unsaturated/α-hetero) is 1. The predicted molar refractivity (Wildman–Crippen MR) is 122 cm³/mol. The number of nitrogens with zero attached hydrogens (tertiary/aromatic N) is 1. The lowest BCUT2D eigenvalue weighted by atomic mass is 10.1. The second-order valence-corrected chi connectivity index (χ2v) is 8.41. The van der Waals surface area contributed by atoms with Gasteiger partial charge in [0.05, 0.1) is 11.8 Å². The first kappa shape index (κ1) is 23.7. The fraction of sp³-hybridized carbons (Fsp3) is 0.400. The van der Waals surface area contributed by atoms with Gasteiger partial charge in [0.2, 0.25) is 5.91 Å². The number of halogens is 1. The number of carbonyl (C=O) groups excluding carboxylic acids is 3. The summed E-state index contributed by atoms with van der Waals surface area (Å²) in [7, 11) is 0. The maximum atomic E-state index is 13.3. The van der Waals surface area contributed by atoms with E-state index in [-0.39, 0.29) is 42.7 Å². The predicted octanol–water partition coefficient (Wildman–Crippen LogP) is 2.80. The van der Waals surface area contributed by atoms with E-state index >= 15 is 0 Å². The van der Waals surface area contributed by atoms with Gasteiger partial charge in [0, 0.05) is 18.7 Å². The lowest BCUT2D eigenvalue weighted by Gasteiger charge is -2.33. The van der Waals surface area contributed by atoms with Crippen molar-refractivity contribution >= 4 is 23.3 Å². The Labute approximate surface area is 197 Å². The fourth-order valence-electron chi connectivity index (χ4n) is 4.06. The van der Waals surface area contributed by atoms with Crippen LogP contribution in [0.2, 0.25) is 0 Å². The van der Waals surface area contributed by atoms with Crippen LogP contribution in [0.5, 0.6) is 11.5 Å². The maximum absolute atomic E-state index is 13.3. The van der Waals surface area contributed by atoms with Crippen molar-refractivity contribution in [3.05, 3.63) is 53.3 Å². The average molecular weight is 470 g/mol. The molecular weight excluding hydrogens is 443 g/mol. The molecule has 2 heterocycles. The van der Waals surface area contributed by atoms with Gasteiger partial charge in [0.15, 0.2) is 19.0 Å². The van der Waals surface area contributed by atoms with Crippen molar-refractivity contribution in [2.45, 2.75) is 38.8 Å². The van der Waals surface area contributed by atoms with Gasteiger partial charge in [0.25, 0.3) is 5.91 Å². The molecular formula is C25H27FN2O6. The van der Waals surface area contributed by atoms with Gasteiger partial charge in [-0.1, -0.05) is 0 Å². The molecule has 2 aliphatic heterocycles. The molecule has 0 radical (unpaired) electrons. The van der Waals surface area contributed by atoms with E-state index in [1.807, 2.05) is 0 Å². The molecule has 8 nitrogen and oxygen atoms in total. The maximum Gasteiger partial charge on any atom is 0.265 e. The van der Waals surface area contributed by atoms with Crippen LogP contribution in [-0.2, 0) is 14.3 Å². The van der Waals surface area contributed by atoms with Crippen LogP contribution in [0.3, 0.4) is 0 Å². The molecule has 2 aromatic carbocycles. The standard InChI is InChI=1S/C25H27FN2O6/c1-15-10-18(26)6-8-22(15)33-13-21(29)17-5-7-23-20(11-17)28(24(30)14-34-23)16(2)25(31)27-12-19-4-3-9-32-19/h5-8,10-11,16,19H,3-4,9,12-14H2,1-2H3,(H,27,31)/t16-,19-/m1/s1. The third-order valence-corrected chi connectivity index (χ3v) is 5.95. The summed E-state index contributed by atoms with van der Waals surface area (Å²) in [5, 5.41) is 2.85. The number of fused-ring (bicyclic) bond motifs is 1. The Morgan fingerprint density at radius 3 is 2.82 bits per heavy atom. The molecule has 1 saturated heterocycles. The molecule has 180 valence electrons. The highest BCUT2D eigenvalue weighted by Crippen LogP contribution is 2.34. The van der Waals surface area contributed by atoms with E-state index in [1.165, 1.54) is 29.2 Å². The van der Waals surface area contributed by atoms with E-state index in [1.54, 1.807) is 26.0 Å². The molecule has 34 heavy (non-hydrogen) atoms. The number of ether oxygens (including phenoxy) is 3. The number of aryl methyl sites for hydroxylation is 1. The van der Waals surface area contributed by atoms with Crippen LogP contribution >= 0.6 is 0 Å². The molecule has 1 fully saturated rings. The molecule has 0 saturated carbocycles. The van der Waals surface area contributed by atoms with E-state index in [0.29, 0.717) is 41.5 Å². The average Bonchev–Trinajstić information content (AvgIpc) is 3.34. The van der Waals surface area contributed by atoms with Gasteiger partial charge < -0.3 is 19.5 Å². The number of hydrogen-bond donors (Lipinski definition) is 1. The van der Waals surface area contributed by atoms with Crippen molar-refractivity contribution in [2.24, 2.45) is 0 Å². The molecule has 0 aliphatic carbocycles. The van der Waals surface area contributed by atoms with Crippen molar-refractivity contribution in [3.63, 3.8) is 0 Å². The molecule has 2 aromatic rings. The number of nitrogens with one attached hydrogen (secondary N) is 1. The van der Waals surface area contributed by atoms with Gasteiger partial charge in [-0.25, -0.2) is 4.39 Å². The highest BCUT2D eigenvalue weighted by atomic mass is 19.1. The lowest BCUT2D eigenvalue weighted by Crippen LogP contribution is -2.52. The highest BCUT2D eigenvalue weighted by Gasteiger charge is 2.34. The zero-order valence-corrected chi connectivity index (χ0v) is 19.1. The third-order valence-electron chi connectivity index (χ3n) is 5.95. The SMILES string of the molecule is Cc1cc(F)ccc1OCC(=O)c1ccc2c(c1)N([C@H](C)C(=O)NC[C@H]1CCCO1)C(=O)CO2. The second-order valence-electron chi connectivity index (χ2n) is 8.41. The quantitative estimate of drug-likeness (QED) is 0.597. The van der Waals surface area contributed by atoms with Crippen LogP contribution in [-0.4, -0.2) is 56.1 Å². The van der Waals surface area contributed by atoms with Crippen molar-refractivity contribution in [1.29, 1.82) is 0 Å². The van der Waals surface area contributed by atoms with Crippen LogP contribution in [0.15, 0.2) is 36.4 Å². The van der Waals surface area contributed by atoms with Crippen LogP contribution in [0.25, 0.3) is 0 Å². The number of carbonyl (C=O) groups is 3. The number of amides is 2. The number of rotatable bonds is 8. The Bertz CT molecular complexity index is 1100. The molecule has 9 heteroatoms. The molecule has 2 amide bonds. The molecule has 0 spiro atoms. The summed E-state index contributed by atoms with van der Waals surface area (Å²) in [5.41, 5.74) is 1.22. The number of benzene rings is 2. The van der Waals surface area contributed by atoms with Gasteiger partial charge in [-0.3, -0.25) is 19.3 Å². The first-order valence-electron chi connectivity index (χ1n) is 11.2. The highest BCUT2D eigenvalue weighted by molar-refractivity contribution is 6.05. The van der Waals surface area contributed by atoms with Crippen molar-refractivity contribution in [1.82, 2.24) is 5.32 Å². The summed E-state index contributed by atoms with van der Waals surface area (Å²) in [6.07, 6.45) is 1.84.